The van der Waals surface area contributed by atoms with Gasteiger partial charge < -0.3 is 5.11 Å². The Balaban J connectivity index is 2.67. The predicted octanol–water partition coefficient (Wildman–Crippen LogP) is 3.14. The molecule has 21 heavy (non-hydrogen) atoms. The van der Waals surface area contributed by atoms with Crippen molar-refractivity contribution in [2.24, 2.45) is 0 Å². The van der Waals surface area contributed by atoms with E-state index in [1.807, 2.05) is 0 Å². The molecule has 1 heterocycles. The van der Waals surface area contributed by atoms with E-state index in [0.29, 0.717) is 19.5 Å². The number of rotatable bonds is 11. The standard InChI is InChI=1S/C13H23ClN2O3S2/c1-2-3-4-5-6-8-16(9-7-10-17)21(18,19)12-11-15-13(14)20-12/h11,17H,2-10H2,1H3. The summed E-state index contributed by atoms with van der Waals surface area (Å²) in [5.41, 5.74) is 0. The van der Waals surface area contributed by atoms with Gasteiger partial charge in [0, 0.05) is 19.7 Å². The van der Waals surface area contributed by atoms with Gasteiger partial charge in [0.1, 0.15) is 0 Å². The molecular weight excluding hydrogens is 332 g/mol. The van der Waals surface area contributed by atoms with Crippen LogP contribution in [0.2, 0.25) is 4.47 Å². The predicted molar refractivity (Wildman–Crippen MR) is 86.3 cm³/mol. The van der Waals surface area contributed by atoms with Crippen LogP contribution in [0.1, 0.15) is 45.4 Å². The van der Waals surface area contributed by atoms with Crippen LogP contribution in [0, 0.1) is 0 Å². The summed E-state index contributed by atoms with van der Waals surface area (Å²) >= 11 is 6.69. The lowest BCUT2D eigenvalue weighted by molar-refractivity contribution is 0.268. The van der Waals surface area contributed by atoms with Gasteiger partial charge in [-0.2, -0.15) is 4.31 Å². The monoisotopic (exact) mass is 354 g/mol. The van der Waals surface area contributed by atoms with Gasteiger partial charge in [-0.1, -0.05) is 55.5 Å². The molecule has 0 radical (unpaired) electrons. The Morgan fingerprint density at radius 2 is 1.90 bits per heavy atom. The number of aromatic nitrogens is 1. The number of hydrogen-bond donors (Lipinski definition) is 1. The first kappa shape index (κ1) is 18.8. The van der Waals surface area contributed by atoms with Gasteiger partial charge in [-0.05, 0) is 12.8 Å². The molecule has 0 fully saturated rings. The smallest absolute Gasteiger partial charge is 0.254 e. The number of sulfonamides is 1. The Hall–Kier alpha value is -0.210. The van der Waals surface area contributed by atoms with Gasteiger partial charge in [0.05, 0.1) is 6.20 Å². The Morgan fingerprint density at radius 1 is 1.24 bits per heavy atom. The van der Waals surface area contributed by atoms with Gasteiger partial charge in [-0.3, -0.25) is 0 Å². The average molecular weight is 355 g/mol. The Kier molecular flexibility index (Phi) is 8.73. The first-order valence-corrected chi connectivity index (χ1v) is 9.88. The highest BCUT2D eigenvalue weighted by atomic mass is 35.5. The molecule has 5 nitrogen and oxygen atoms in total. The molecule has 0 atom stereocenters. The highest BCUT2D eigenvalue weighted by Gasteiger charge is 2.25. The molecule has 0 aliphatic heterocycles. The van der Waals surface area contributed by atoms with E-state index in [2.05, 4.69) is 11.9 Å². The number of unbranched alkanes of at least 4 members (excludes halogenated alkanes) is 4. The van der Waals surface area contributed by atoms with E-state index in [0.717, 1.165) is 37.0 Å². The van der Waals surface area contributed by atoms with Crippen molar-refractivity contribution in [3.8, 4) is 0 Å². The van der Waals surface area contributed by atoms with E-state index < -0.39 is 10.0 Å². The van der Waals surface area contributed by atoms with Crippen molar-refractivity contribution >= 4 is 33.0 Å². The molecule has 0 spiro atoms. The lowest BCUT2D eigenvalue weighted by atomic mass is 10.1. The third-order valence-corrected chi connectivity index (χ3v) is 6.58. The molecule has 8 heteroatoms. The van der Waals surface area contributed by atoms with Crippen LogP contribution in [-0.4, -0.2) is 42.5 Å². The summed E-state index contributed by atoms with van der Waals surface area (Å²) in [6, 6.07) is 0. The van der Waals surface area contributed by atoms with Crippen LogP contribution in [0.25, 0.3) is 0 Å². The van der Waals surface area contributed by atoms with E-state index in [1.165, 1.54) is 16.9 Å². The second-order valence-electron chi connectivity index (χ2n) is 4.83. The van der Waals surface area contributed by atoms with E-state index >= 15 is 0 Å². The van der Waals surface area contributed by atoms with Crippen molar-refractivity contribution in [3.05, 3.63) is 10.7 Å². The Labute approximate surface area is 136 Å². The highest BCUT2D eigenvalue weighted by Crippen LogP contribution is 2.26. The van der Waals surface area contributed by atoms with E-state index in [-0.39, 0.29) is 15.3 Å². The molecule has 1 aromatic rings. The van der Waals surface area contributed by atoms with Crippen LogP contribution in [0.15, 0.2) is 10.4 Å². The van der Waals surface area contributed by atoms with Gasteiger partial charge in [0.25, 0.3) is 10.0 Å². The topological polar surface area (TPSA) is 70.5 Å². The summed E-state index contributed by atoms with van der Waals surface area (Å²) in [4.78, 5) is 3.80. The fourth-order valence-corrected chi connectivity index (χ4v) is 4.94. The van der Waals surface area contributed by atoms with Crippen LogP contribution in [0.3, 0.4) is 0 Å². The van der Waals surface area contributed by atoms with Gasteiger partial charge in [0.15, 0.2) is 8.68 Å². The molecule has 0 aromatic carbocycles. The third-order valence-electron chi connectivity index (χ3n) is 3.13. The molecule has 0 bridgehead atoms. The fraction of sp³-hybridized carbons (Fsp3) is 0.769. The molecule has 1 aromatic heterocycles. The molecule has 0 aliphatic carbocycles. The normalized spacial score (nSPS) is 12.2. The Bertz CT molecular complexity index is 505. The molecule has 1 N–H and O–H groups in total. The van der Waals surface area contributed by atoms with Crippen LogP contribution >= 0.6 is 22.9 Å². The van der Waals surface area contributed by atoms with Gasteiger partial charge in [0.2, 0.25) is 0 Å². The summed E-state index contributed by atoms with van der Waals surface area (Å²) in [7, 11) is -3.55. The summed E-state index contributed by atoms with van der Waals surface area (Å²) in [5.74, 6) is 0. The Morgan fingerprint density at radius 3 is 2.48 bits per heavy atom. The summed E-state index contributed by atoms with van der Waals surface area (Å²) in [5, 5.41) is 8.94. The first-order chi connectivity index (χ1) is 10.0. The van der Waals surface area contributed by atoms with Crippen molar-refractivity contribution < 1.29 is 13.5 Å². The summed E-state index contributed by atoms with van der Waals surface area (Å²) < 4.78 is 26.9. The minimum atomic E-state index is -3.55. The lowest BCUT2D eigenvalue weighted by Crippen LogP contribution is -2.33. The van der Waals surface area contributed by atoms with Crippen molar-refractivity contribution in [1.29, 1.82) is 0 Å². The van der Waals surface area contributed by atoms with Gasteiger partial charge in [-0.15, -0.1) is 0 Å². The zero-order valence-corrected chi connectivity index (χ0v) is 14.7. The lowest BCUT2D eigenvalue weighted by Gasteiger charge is -2.20. The number of aliphatic hydroxyl groups excluding tert-OH is 1. The molecule has 122 valence electrons. The molecule has 0 saturated carbocycles. The minimum absolute atomic E-state index is 0.0225. The highest BCUT2D eigenvalue weighted by molar-refractivity contribution is 7.91. The zero-order valence-electron chi connectivity index (χ0n) is 12.3. The average Bonchev–Trinajstić information content (AvgIpc) is 2.89. The maximum atomic E-state index is 12.5. The number of nitrogens with zero attached hydrogens (tertiary/aromatic N) is 2. The van der Waals surface area contributed by atoms with Crippen molar-refractivity contribution in [1.82, 2.24) is 9.29 Å². The van der Waals surface area contributed by atoms with Crippen molar-refractivity contribution in [2.75, 3.05) is 19.7 Å². The third kappa shape index (κ3) is 6.20. The van der Waals surface area contributed by atoms with Crippen LogP contribution < -0.4 is 0 Å². The van der Waals surface area contributed by atoms with E-state index in [9.17, 15) is 8.42 Å². The largest absolute Gasteiger partial charge is 0.396 e. The molecule has 0 unspecified atom stereocenters. The van der Waals surface area contributed by atoms with Crippen LogP contribution in [0.5, 0.6) is 0 Å². The van der Waals surface area contributed by atoms with Gasteiger partial charge in [-0.25, -0.2) is 13.4 Å². The van der Waals surface area contributed by atoms with Crippen molar-refractivity contribution in [2.45, 2.75) is 49.7 Å². The molecule has 0 amide bonds. The molecule has 0 saturated heterocycles. The minimum Gasteiger partial charge on any atom is -0.396 e. The number of halogens is 1. The summed E-state index contributed by atoms with van der Waals surface area (Å²) in [6.07, 6.45) is 7.03. The molecule has 1 rings (SSSR count). The summed E-state index contributed by atoms with van der Waals surface area (Å²) in [6.45, 7) is 2.92. The van der Waals surface area contributed by atoms with E-state index in [1.54, 1.807) is 0 Å². The zero-order chi connectivity index (χ0) is 15.7. The van der Waals surface area contributed by atoms with Crippen molar-refractivity contribution in [3.63, 3.8) is 0 Å². The second kappa shape index (κ2) is 9.74. The quantitative estimate of drug-likeness (QED) is 0.620. The van der Waals surface area contributed by atoms with Gasteiger partial charge >= 0.3 is 0 Å². The maximum Gasteiger partial charge on any atom is 0.254 e. The fourth-order valence-electron chi connectivity index (χ4n) is 1.98. The first-order valence-electron chi connectivity index (χ1n) is 7.24. The number of thiazole rings is 1. The number of aliphatic hydroxyl groups is 1. The SMILES string of the molecule is CCCCCCCN(CCCO)S(=O)(=O)c1cnc(Cl)s1. The van der Waals surface area contributed by atoms with E-state index in [4.69, 9.17) is 16.7 Å². The second-order valence-corrected chi connectivity index (χ2v) is 8.61. The molecule has 0 aliphatic rings. The maximum absolute atomic E-state index is 12.5. The van der Waals surface area contributed by atoms with Crippen LogP contribution in [0.4, 0.5) is 0 Å². The van der Waals surface area contributed by atoms with Crippen LogP contribution in [-0.2, 0) is 10.0 Å². The number of hydrogen-bond acceptors (Lipinski definition) is 5. The molecular formula is C13H23ClN2O3S2.